The van der Waals surface area contributed by atoms with Gasteiger partial charge in [0.25, 0.3) is 5.56 Å². The molecule has 2 aromatic carbocycles. The summed E-state index contributed by atoms with van der Waals surface area (Å²) >= 11 is 9.23. The van der Waals surface area contributed by atoms with Gasteiger partial charge in [-0.25, -0.2) is 4.98 Å². The number of fused-ring (bicyclic) bond motifs is 1. The highest BCUT2D eigenvalue weighted by molar-refractivity contribution is 7.98. The molecule has 3 aromatic heterocycles. The van der Waals surface area contributed by atoms with Crippen LogP contribution in [0.5, 0.6) is 0 Å². The molecule has 5 rings (SSSR count). The summed E-state index contributed by atoms with van der Waals surface area (Å²) in [6.07, 6.45) is 1.67. The first-order chi connectivity index (χ1) is 14.7. The van der Waals surface area contributed by atoms with Crippen LogP contribution in [-0.2, 0) is 5.75 Å². The number of halogens is 1. The molecule has 3 heterocycles. The molecular weight excluding hydrogens is 438 g/mol. The largest absolute Gasteiger partial charge is 0.309 e. The predicted octanol–water partition coefficient (Wildman–Crippen LogP) is 5.18. The Morgan fingerprint density at radius 3 is 2.70 bits per heavy atom. The van der Waals surface area contributed by atoms with Crippen molar-refractivity contribution in [1.82, 2.24) is 24.7 Å². The number of thiophene rings is 1. The van der Waals surface area contributed by atoms with E-state index in [4.69, 9.17) is 11.6 Å². The van der Waals surface area contributed by atoms with Gasteiger partial charge in [0.05, 0.1) is 11.1 Å². The summed E-state index contributed by atoms with van der Waals surface area (Å²) in [5, 5.41) is 12.0. The topological polar surface area (TPSA) is 76.5 Å². The summed E-state index contributed by atoms with van der Waals surface area (Å²) in [5.41, 5.74) is 2.44. The summed E-state index contributed by atoms with van der Waals surface area (Å²) < 4.78 is 1.90. The van der Waals surface area contributed by atoms with Gasteiger partial charge < -0.3 is 4.98 Å². The maximum absolute atomic E-state index is 12.8. The number of aromatic nitrogens is 5. The lowest BCUT2D eigenvalue weighted by molar-refractivity contribution is 0.881. The number of para-hydroxylation sites is 1. The van der Waals surface area contributed by atoms with E-state index in [-0.39, 0.29) is 5.56 Å². The highest BCUT2D eigenvalue weighted by Gasteiger charge is 2.15. The lowest BCUT2D eigenvalue weighted by Crippen LogP contribution is -2.11. The van der Waals surface area contributed by atoms with Crippen molar-refractivity contribution < 1.29 is 0 Å². The molecule has 0 saturated carbocycles. The molecule has 0 saturated heterocycles. The van der Waals surface area contributed by atoms with Crippen molar-refractivity contribution >= 4 is 44.9 Å². The van der Waals surface area contributed by atoms with Crippen molar-refractivity contribution in [3.05, 3.63) is 87.5 Å². The van der Waals surface area contributed by atoms with Crippen LogP contribution in [0.3, 0.4) is 0 Å². The van der Waals surface area contributed by atoms with Gasteiger partial charge in [0.15, 0.2) is 5.16 Å². The van der Waals surface area contributed by atoms with E-state index in [9.17, 15) is 4.79 Å². The molecule has 0 aliphatic rings. The van der Waals surface area contributed by atoms with Gasteiger partial charge in [-0.15, -0.1) is 21.5 Å². The molecule has 0 unspecified atom stereocenters. The smallest absolute Gasteiger partial charge is 0.260 e. The number of aromatic amines is 1. The van der Waals surface area contributed by atoms with E-state index in [0.29, 0.717) is 26.8 Å². The van der Waals surface area contributed by atoms with E-state index in [2.05, 4.69) is 20.2 Å². The van der Waals surface area contributed by atoms with Crippen LogP contribution in [0.1, 0.15) is 5.82 Å². The third-order valence-corrected chi connectivity index (χ3v) is 6.70. The molecule has 0 bridgehead atoms. The zero-order valence-corrected chi connectivity index (χ0v) is 17.8. The third kappa shape index (κ3) is 3.54. The van der Waals surface area contributed by atoms with Gasteiger partial charge in [0, 0.05) is 27.2 Å². The lowest BCUT2D eigenvalue weighted by Gasteiger charge is -2.06. The fourth-order valence-electron chi connectivity index (χ4n) is 3.16. The summed E-state index contributed by atoms with van der Waals surface area (Å²) in [6, 6.07) is 17.4. The molecule has 0 spiro atoms. The van der Waals surface area contributed by atoms with Crippen LogP contribution >= 0.6 is 34.7 Å². The number of thioether (sulfide) groups is 1. The Morgan fingerprint density at radius 1 is 1.07 bits per heavy atom. The average Bonchev–Trinajstić information content (AvgIpc) is 3.40. The van der Waals surface area contributed by atoms with Crippen LogP contribution < -0.4 is 5.56 Å². The van der Waals surface area contributed by atoms with E-state index in [1.54, 1.807) is 6.33 Å². The minimum Gasteiger partial charge on any atom is -0.309 e. The van der Waals surface area contributed by atoms with Gasteiger partial charge in [0.2, 0.25) is 0 Å². The van der Waals surface area contributed by atoms with E-state index in [1.807, 2.05) is 64.5 Å². The quantitative estimate of drug-likeness (QED) is 0.372. The number of H-pyrrole nitrogens is 1. The molecule has 0 amide bonds. The van der Waals surface area contributed by atoms with Crippen molar-refractivity contribution in [2.75, 3.05) is 0 Å². The molecule has 148 valence electrons. The van der Waals surface area contributed by atoms with E-state index >= 15 is 0 Å². The highest BCUT2D eigenvalue weighted by Crippen LogP contribution is 2.35. The summed E-state index contributed by atoms with van der Waals surface area (Å²) in [6.45, 7) is 0. The zero-order valence-electron chi connectivity index (χ0n) is 15.4. The van der Waals surface area contributed by atoms with Gasteiger partial charge >= 0.3 is 0 Å². The second-order valence-electron chi connectivity index (χ2n) is 6.43. The number of hydrogen-bond donors (Lipinski definition) is 1. The van der Waals surface area contributed by atoms with Crippen LogP contribution in [0.2, 0.25) is 5.02 Å². The van der Waals surface area contributed by atoms with E-state index in [1.165, 1.54) is 23.1 Å². The van der Waals surface area contributed by atoms with Crippen LogP contribution in [0, 0.1) is 0 Å². The molecule has 0 radical (unpaired) electrons. The average molecular weight is 452 g/mol. The van der Waals surface area contributed by atoms with E-state index in [0.717, 1.165) is 22.0 Å². The molecule has 30 heavy (non-hydrogen) atoms. The molecule has 0 fully saturated rings. The van der Waals surface area contributed by atoms with Crippen molar-refractivity contribution in [2.24, 2.45) is 0 Å². The summed E-state index contributed by atoms with van der Waals surface area (Å²) in [7, 11) is 0. The molecule has 0 aliphatic carbocycles. The maximum atomic E-state index is 12.8. The minimum absolute atomic E-state index is 0.170. The normalized spacial score (nSPS) is 11.2. The fourth-order valence-corrected chi connectivity index (χ4v) is 5.16. The molecule has 5 aromatic rings. The van der Waals surface area contributed by atoms with Crippen LogP contribution in [0.4, 0.5) is 0 Å². The van der Waals surface area contributed by atoms with Gasteiger partial charge in [-0.1, -0.05) is 59.8 Å². The predicted molar refractivity (Wildman–Crippen MR) is 122 cm³/mol. The monoisotopic (exact) mass is 451 g/mol. The second kappa shape index (κ2) is 8.06. The number of nitrogens with one attached hydrogen (secondary N) is 1. The Balaban J connectivity index is 1.45. The Hall–Kier alpha value is -2.94. The lowest BCUT2D eigenvalue weighted by atomic mass is 10.1. The van der Waals surface area contributed by atoms with Crippen molar-refractivity contribution in [2.45, 2.75) is 10.9 Å². The number of hydrogen-bond acceptors (Lipinski definition) is 6. The van der Waals surface area contributed by atoms with Crippen molar-refractivity contribution in [3.63, 3.8) is 0 Å². The van der Waals surface area contributed by atoms with Crippen LogP contribution in [0.15, 0.2) is 76.3 Å². The molecule has 6 nitrogen and oxygen atoms in total. The first kappa shape index (κ1) is 19.0. The van der Waals surface area contributed by atoms with Gasteiger partial charge in [-0.05, 0) is 18.2 Å². The standard InChI is InChI=1S/C21H14ClN5OS2/c22-16-9-5-4-8-14(16)15-10-29-20-18(15)19(28)24-17(25-20)11-30-21-26-23-12-27(21)13-6-2-1-3-7-13/h1-10,12H,11H2,(H,24,25,28). The van der Waals surface area contributed by atoms with Gasteiger partial charge in [-0.2, -0.15) is 0 Å². The third-order valence-electron chi connectivity index (χ3n) is 4.55. The van der Waals surface area contributed by atoms with Crippen molar-refractivity contribution in [3.8, 4) is 16.8 Å². The molecule has 1 N–H and O–H groups in total. The Morgan fingerprint density at radius 2 is 1.87 bits per heavy atom. The molecule has 0 aliphatic heterocycles. The Bertz CT molecular complexity index is 1390. The first-order valence-corrected chi connectivity index (χ1v) is 11.3. The first-order valence-electron chi connectivity index (χ1n) is 9.04. The van der Waals surface area contributed by atoms with Crippen molar-refractivity contribution in [1.29, 1.82) is 0 Å². The number of benzene rings is 2. The van der Waals surface area contributed by atoms with Gasteiger partial charge in [0.1, 0.15) is 17.0 Å². The number of nitrogens with zero attached hydrogens (tertiary/aromatic N) is 4. The number of rotatable bonds is 5. The second-order valence-corrected chi connectivity index (χ2v) is 8.64. The minimum atomic E-state index is -0.170. The van der Waals surface area contributed by atoms with Crippen LogP contribution in [0.25, 0.3) is 27.0 Å². The molecule has 0 atom stereocenters. The van der Waals surface area contributed by atoms with Gasteiger partial charge in [-0.3, -0.25) is 9.36 Å². The highest BCUT2D eigenvalue weighted by atomic mass is 35.5. The Labute approximate surface area is 184 Å². The molecule has 9 heteroatoms. The maximum Gasteiger partial charge on any atom is 0.260 e. The summed E-state index contributed by atoms with van der Waals surface area (Å²) in [5.74, 6) is 1.06. The summed E-state index contributed by atoms with van der Waals surface area (Å²) in [4.78, 5) is 21.1. The molecular formula is C21H14ClN5OS2. The SMILES string of the molecule is O=c1[nH]c(CSc2nncn2-c2ccccc2)nc2scc(-c3ccccc3Cl)c12. The Kier molecular flexibility index (Phi) is 5.12. The van der Waals surface area contributed by atoms with E-state index < -0.39 is 0 Å². The van der Waals surface area contributed by atoms with Crippen LogP contribution in [-0.4, -0.2) is 24.7 Å². The zero-order chi connectivity index (χ0) is 20.5. The fraction of sp³-hybridized carbons (Fsp3) is 0.0476.